The monoisotopic (exact) mass is 293 g/mol. The van der Waals surface area contributed by atoms with E-state index < -0.39 is 0 Å². The number of likely N-dealkylation sites (tertiary alicyclic amines) is 2. The standard InChI is InChI=1S/C15H23N3O3/c1-9(19)17-5-11(12(16)20)15(6-17)7-18(8-15)13(21)10-4-14(10,2)3/h10-11H,4-8H2,1-3H3,(H2,16,20)/t10-,11+/m1/s1. The maximum Gasteiger partial charge on any atom is 0.226 e. The first-order valence-electron chi connectivity index (χ1n) is 7.50. The van der Waals surface area contributed by atoms with Gasteiger partial charge in [0.25, 0.3) is 0 Å². The third-order valence-electron chi connectivity index (χ3n) is 5.57. The van der Waals surface area contributed by atoms with Crippen LogP contribution in [0.1, 0.15) is 27.2 Å². The van der Waals surface area contributed by atoms with Crippen LogP contribution in [-0.4, -0.2) is 53.7 Å². The average molecular weight is 293 g/mol. The Morgan fingerprint density at radius 2 is 1.57 bits per heavy atom. The molecule has 3 rings (SSSR count). The van der Waals surface area contributed by atoms with E-state index in [1.54, 1.807) is 4.90 Å². The molecule has 0 bridgehead atoms. The van der Waals surface area contributed by atoms with E-state index in [-0.39, 0.29) is 40.4 Å². The molecule has 6 nitrogen and oxygen atoms in total. The van der Waals surface area contributed by atoms with Crippen molar-refractivity contribution in [2.24, 2.45) is 28.4 Å². The number of rotatable bonds is 2. The van der Waals surface area contributed by atoms with E-state index in [1.165, 1.54) is 6.92 Å². The van der Waals surface area contributed by atoms with Gasteiger partial charge in [-0.15, -0.1) is 0 Å². The van der Waals surface area contributed by atoms with Gasteiger partial charge in [0, 0.05) is 44.4 Å². The van der Waals surface area contributed by atoms with E-state index in [9.17, 15) is 14.4 Å². The van der Waals surface area contributed by atoms with E-state index in [0.29, 0.717) is 26.2 Å². The molecular weight excluding hydrogens is 270 g/mol. The summed E-state index contributed by atoms with van der Waals surface area (Å²) in [5.74, 6) is -0.427. The van der Waals surface area contributed by atoms with Crippen LogP contribution in [0, 0.1) is 22.7 Å². The van der Waals surface area contributed by atoms with Crippen LogP contribution in [0.2, 0.25) is 0 Å². The quantitative estimate of drug-likeness (QED) is 0.767. The first-order chi connectivity index (χ1) is 9.66. The molecule has 2 atom stereocenters. The van der Waals surface area contributed by atoms with Crippen LogP contribution in [0.25, 0.3) is 0 Å². The number of carbonyl (C=O) groups excluding carboxylic acids is 3. The van der Waals surface area contributed by atoms with Gasteiger partial charge in [-0.05, 0) is 11.8 Å². The third kappa shape index (κ3) is 2.12. The molecule has 1 spiro atoms. The van der Waals surface area contributed by atoms with E-state index in [2.05, 4.69) is 13.8 Å². The fraction of sp³-hybridized carbons (Fsp3) is 0.800. The molecule has 0 unspecified atom stereocenters. The van der Waals surface area contributed by atoms with Gasteiger partial charge in [-0.25, -0.2) is 0 Å². The molecule has 1 aliphatic carbocycles. The molecule has 2 saturated heterocycles. The second-order valence-electron chi connectivity index (χ2n) is 7.66. The van der Waals surface area contributed by atoms with E-state index >= 15 is 0 Å². The summed E-state index contributed by atoms with van der Waals surface area (Å²) < 4.78 is 0. The smallest absolute Gasteiger partial charge is 0.226 e. The Hall–Kier alpha value is -1.59. The number of amides is 3. The maximum atomic E-state index is 12.4. The van der Waals surface area contributed by atoms with E-state index in [1.807, 2.05) is 4.90 Å². The van der Waals surface area contributed by atoms with Crippen LogP contribution in [-0.2, 0) is 14.4 Å². The summed E-state index contributed by atoms with van der Waals surface area (Å²) in [6.45, 7) is 7.74. The minimum absolute atomic E-state index is 0.0359. The van der Waals surface area contributed by atoms with Gasteiger partial charge in [0.1, 0.15) is 0 Å². The van der Waals surface area contributed by atoms with Crippen molar-refractivity contribution in [2.45, 2.75) is 27.2 Å². The molecule has 2 heterocycles. The van der Waals surface area contributed by atoms with Gasteiger partial charge in [0.05, 0.1) is 5.92 Å². The van der Waals surface area contributed by atoms with Crippen LogP contribution in [0.3, 0.4) is 0 Å². The van der Waals surface area contributed by atoms with Crippen LogP contribution in [0.5, 0.6) is 0 Å². The molecule has 3 aliphatic rings. The molecule has 3 amide bonds. The molecule has 0 aromatic rings. The fourth-order valence-corrected chi connectivity index (χ4v) is 3.90. The zero-order chi connectivity index (χ0) is 15.6. The highest BCUT2D eigenvalue weighted by atomic mass is 16.2. The molecule has 0 radical (unpaired) electrons. The first-order valence-corrected chi connectivity index (χ1v) is 7.50. The summed E-state index contributed by atoms with van der Waals surface area (Å²) in [5.41, 5.74) is 5.30. The van der Waals surface area contributed by atoms with Crippen LogP contribution in [0.4, 0.5) is 0 Å². The summed E-state index contributed by atoms with van der Waals surface area (Å²) in [4.78, 5) is 39.1. The predicted octanol–water partition coefficient (Wildman–Crippen LogP) is -0.175. The van der Waals surface area contributed by atoms with Gasteiger partial charge < -0.3 is 15.5 Å². The van der Waals surface area contributed by atoms with Crippen molar-refractivity contribution in [1.29, 1.82) is 0 Å². The lowest BCUT2D eigenvalue weighted by Crippen LogP contribution is -2.64. The average Bonchev–Trinajstić information content (AvgIpc) is 2.82. The van der Waals surface area contributed by atoms with Crippen molar-refractivity contribution in [2.75, 3.05) is 26.2 Å². The van der Waals surface area contributed by atoms with Crippen molar-refractivity contribution in [3.63, 3.8) is 0 Å². The SMILES string of the molecule is CC(=O)N1C[C@@H](C(N)=O)C2(C1)CN(C(=O)[C@H]1CC1(C)C)C2. The Bertz CT molecular complexity index is 522. The van der Waals surface area contributed by atoms with Gasteiger partial charge in [-0.3, -0.25) is 14.4 Å². The highest BCUT2D eigenvalue weighted by Crippen LogP contribution is 2.54. The Morgan fingerprint density at radius 3 is 2.00 bits per heavy atom. The Balaban J connectivity index is 1.68. The molecule has 0 aromatic carbocycles. The fourth-order valence-electron chi connectivity index (χ4n) is 3.90. The van der Waals surface area contributed by atoms with Gasteiger partial charge >= 0.3 is 0 Å². The molecule has 2 aliphatic heterocycles. The topological polar surface area (TPSA) is 83.7 Å². The lowest BCUT2D eigenvalue weighted by Gasteiger charge is -2.50. The summed E-state index contributed by atoms with van der Waals surface area (Å²) in [5, 5.41) is 0. The predicted molar refractivity (Wildman–Crippen MR) is 75.8 cm³/mol. The summed E-state index contributed by atoms with van der Waals surface area (Å²) in [6.07, 6.45) is 0.939. The van der Waals surface area contributed by atoms with E-state index in [4.69, 9.17) is 5.73 Å². The van der Waals surface area contributed by atoms with Crippen molar-refractivity contribution in [3.8, 4) is 0 Å². The minimum atomic E-state index is -0.363. The summed E-state index contributed by atoms with van der Waals surface area (Å²) >= 11 is 0. The first kappa shape index (κ1) is 14.4. The van der Waals surface area contributed by atoms with Crippen molar-refractivity contribution < 1.29 is 14.4 Å². The zero-order valence-corrected chi connectivity index (χ0v) is 12.9. The van der Waals surface area contributed by atoms with E-state index in [0.717, 1.165) is 6.42 Å². The highest BCUT2D eigenvalue weighted by molar-refractivity contribution is 5.85. The largest absolute Gasteiger partial charge is 0.369 e. The van der Waals surface area contributed by atoms with Gasteiger partial charge in [0.15, 0.2) is 0 Å². The molecule has 0 aromatic heterocycles. The molecule has 6 heteroatoms. The van der Waals surface area contributed by atoms with Crippen LogP contribution in [0.15, 0.2) is 0 Å². The number of hydrogen-bond donors (Lipinski definition) is 1. The second kappa shape index (κ2) is 4.21. The van der Waals surface area contributed by atoms with Gasteiger partial charge in [0.2, 0.25) is 17.7 Å². The third-order valence-corrected chi connectivity index (χ3v) is 5.57. The van der Waals surface area contributed by atoms with Crippen molar-refractivity contribution in [3.05, 3.63) is 0 Å². The lowest BCUT2D eigenvalue weighted by atomic mass is 9.71. The van der Waals surface area contributed by atoms with Crippen LogP contribution >= 0.6 is 0 Å². The lowest BCUT2D eigenvalue weighted by molar-refractivity contribution is -0.151. The number of carbonyl (C=O) groups is 3. The number of primary amides is 1. The van der Waals surface area contributed by atoms with Crippen LogP contribution < -0.4 is 5.73 Å². The Kier molecular flexibility index (Phi) is 2.88. The summed E-state index contributed by atoms with van der Waals surface area (Å²) in [7, 11) is 0. The summed E-state index contributed by atoms with van der Waals surface area (Å²) in [6, 6.07) is 0. The molecule has 116 valence electrons. The molecule has 3 fully saturated rings. The molecular formula is C15H23N3O3. The number of hydrogen-bond acceptors (Lipinski definition) is 3. The minimum Gasteiger partial charge on any atom is -0.369 e. The normalized spacial score (nSPS) is 32.0. The Morgan fingerprint density at radius 1 is 1.05 bits per heavy atom. The molecule has 2 N–H and O–H groups in total. The van der Waals surface area contributed by atoms with Crippen molar-refractivity contribution in [1.82, 2.24) is 9.80 Å². The Labute approximate surface area is 124 Å². The van der Waals surface area contributed by atoms with Crippen molar-refractivity contribution >= 4 is 17.7 Å². The molecule has 1 saturated carbocycles. The zero-order valence-electron chi connectivity index (χ0n) is 12.9. The highest BCUT2D eigenvalue weighted by Gasteiger charge is 2.61. The number of nitrogens with two attached hydrogens (primary N) is 1. The molecule has 21 heavy (non-hydrogen) atoms. The second-order valence-corrected chi connectivity index (χ2v) is 7.66. The maximum absolute atomic E-state index is 12.4. The number of nitrogens with zero attached hydrogens (tertiary/aromatic N) is 2. The van der Waals surface area contributed by atoms with Gasteiger partial charge in [-0.1, -0.05) is 13.8 Å². The van der Waals surface area contributed by atoms with Gasteiger partial charge in [-0.2, -0.15) is 0 Å².